The van der Waals surface area contributed by atoms with E-state index in [0.29, 0.717) is 18.1 Å². The van der Waals surface area contributed by atoms with E-state index in [9.17, 15) is 14.4 Å². The van der Waals surface area contributed by atoms with Crippen LogP contribution in [0.15, 0.2) is 40.3 Å². The summed E-state index contributed by atoms with van der Waals surface area (Å²) in [5, 5.41) is 11.7. The van der Waals surface area contributed by atoms with E-state index in [4.69, 9.17) is 9.26 Å². The first-order valence-electron chi connectivity index (χ1n) is 11.7. The molecule has 6 rings (SSSR count). The number of anilines is 1. The van der Waals surface area contributed by atoms with Gasteiger partial charge in [-0.1, -0.05) is 36.2 Å². The predicted molar refractivity (Wildman–Crippen MR) is 123 cm³/mol. The quantitative estimate of drug-likeness (QED) is 0.612. The van der Waals surface area contributed by atoms with Gasteiger partial charge in [-0.05, 0) is 31.2 Å². The number of aryl methyl sites for hydroxylation is 1. The number of hydrogen-bond acceptors (Lipinski definition) is 7. The second-order valence-electron chi connectivity index (χ2n) is 9.55. The van der Waals surface area contributed by atoms with Gasteiger partial charge in [0.2, 0.25) is 17.7 Å². The fourth-order valence-corrected chi connectivity index (χ4v) is 6.70. The summed E-state index contributed by atoms with van der Waals surface area (Å²) in [4.78, 5) is 43.4. The van der Waals surface area contributed by atoms with Crippen molar-refractivity contribution in [3.8, 4) is 0 Å². The number of nitrogens with zero attached hydrogens (tertiary/aromatic N) is 2. The van der Waals surface area contributed by atoms with Crippen molar-refractivity contribution < 1.29 is 23.6 Å². The minimum atomic E-state index is -1.16. The van der Waals surface area contributed by atoms with Gasteiger partial charge >= 0.3 is 0 Å². The number of fused-ring (bicyclic) bond motifs is 1. The first-order chi connectivity index (χ1) is 16.5. The Labute approximate surface area is 200 Å². The third-order valence-corrected chi connectivity index (χ3v) is 8.27. The maximum atomic E-state index is 13.8. The lowest BCUT2D eigenvalue weighted by Crippen LogP contribution is -2.55. The lowest BCUT2D eigenvalue weighted by Gasteiger charge is -2.32. The van der Waals surface area contributed by atoms with E-state index < -0.39 is 29.6 Å². The lowest BCUT2D eigenvalue weighted by molar-refractivity contribution is -0.142. The molecule has 2 saturated heterocycles. The summed E-state index contributed by atoms with van der Waals surface area (Å²) in [7, 11) is 0. The molecule has 10 heteroatoms. The highest BCUT2D eigenvalue weighted by Crippen LogP contribution is 2.55. The van der Waals surface area contributed by atoms with Crippen molar-refractivity contribution in [3.63, 3.8) is 0 Å². The van der Waals surface area contributed by atoms with Crippen LogP contribution < -0.4 is 10.6 Å². The minimum Gasteiger partial charge on any atom is -0.360 e. The van der Waals surface area contributed by atoms with Gasteiger partial charge in [-0.25, -0.2) is 0 Å². The number of aromatic nitrogens is 1. The Kier molecular flexibility index (Phi) is 5.11. The first kappa shape index (κ1) is 21.5. The van der Waals surface area contributed by atoms with E-state index in [1.165, 1.54) is 11.3 Å². The van der Waals surface area contributed by atoms with Crippen LogP contribution in [0.5, 0.6) is 0 Å². The molecular weight excluding hydrogens is 456 g/mol. The molecule has 34 heavy (non-hydrogen) atoms. The molecule has 0 radical (unpaired) electrons. The number of likely N-dealkylation sites (tertiary alicyclic amines) is 1. The Morgan fingerprint density at radius 1 is 1.29 bits per heavy atom. The van der Waals surface area contributed by atoms with E-state index in [0.717, 1.165) is 30.6 Å². The Balaban J connectivity index is 1.33. The van der Waals surface area contributed by atoms with Gasteiger partial charge in [0.1, 0.15) is 17.4 Å². The van der Waals surface area contributed by atoms with Gasteiger partial charge in [-0.3, -0.25) is 14.4 Å². The van der Waals surface area contributed by atoms with Crippen molar-refractivity contribution in [2.24, 2.45) is 11.8 Å². The molecule has 1 spiro atoms. The molecule has 2 aromatic heterocycles. The molecule has 9 nitrogen and oxygen atoms in total. The van der Waals surface area contributed by atoms with Crippen molar-refractivity contribution in [3.05, 3.63) is 46.4 Å². The molecule has 2 aromatic rings. The molecule has 2 N–H and O–H groups in total. The number of ether oxygens (including phenoxy) is 1. The van der Waals surface area contributed by atoms with Crippen LogP contribution in [0.1, 0.15) is 36.3 Å². The molecule has 0 aromatic carbocycles. The summed E-state index contributed by atoms with van der Waals surface area (Å²) >= 11 is 1.53. The van der Waals surface area contributed by atoms with Crippen LogP contribution >= 0.6 is 11.3 Å². The highest BCUT2D eigenvalue weighted by molar-refractivity contribution is 7.09. The maximum Gasteiger partial charge on any atom is 0.246 e. The average molecular weight is 483 g/mol. The summed E-state index contributed by atoms with van der Waals surface area (Å²) in [6.07, 6.45) is 7.12. The molecule has 3 aliphatic heterocycles. The second-order valence-corrected chi connectivity index (χ2v) is 10.6. The van der Waals surface area contributed by atoms with Crippen LogP contribution in [0, 0.1) is 18.8 Å². The molecule has 5 heterocycles. The van der Waals surface area contributed by atoms with Crippen LogP contribution in [0.25, 0.3) is 0 Å². The number of amides is 3. The fraction of sp³-hybridized carbons (Fsp3) is 0.500. The van der Waals surface area contributed by atoms with Gasteiger partial charge in [0.25, 0.3) is 0 Å². The Morgan fingerprint density at radius 3 is 2.82 bits per heavy atom. The molecule has 2 bridgehead atoms. The molecule has 1 saturated carbocycles. The monoisotopic (exact) mass is 482 g/mol. The molecule has 178 valence electrons. The van der Waals surface area contributed by atoms with Crippen molar-refractivity contribution in [2.45, 2.75) is 62.9 Å². The van der Waals surface area contributed by atoms with Crippen LogP contribution in [0.3, 0.4) is 0 Å². The fourth-order valence-electron chi connectivity index (χ4n) is 5.99. The minimum absolute atomic E-state index is 0.110. The number of carbonyl (C=O) groups is 3. The number of thiophene rings is 1. The van der Waals surface area contributed by atoms with Gasteiger partial charge in [-0.2, -0.15) is 0 Å². The number of nitrogens with one attached hydrogen (secondary N) is 2. The van der Waals surface area contributed by atoms with E-state index in [1.54, 1.807) is 17.9 Å². The number of rotatable bonds is 6. The molecule has 1 aliphatic carbocycles. The normalized spacial score (nSPS) is 31.9. The molecule has 0 unspecified atom stereocenters. The van der Waals surface area contributed by atoms with Crippen LogP contribution in [0.2, 0.25) is 0 Å². The molecular formula is C24H26N4O5S. The third kappa shape index (κ3) is 3.31. The van der Waals surface area contributed by atoms with Gasteiger partial charge in [-0.15, -0.1) is 11.3 Å². The Morgan fingerprint density at radius 2 is 2.12 bits per heavy atom. The van der Waals surface area contributed by atoms with E-state index in [1.807, 2.05) is 29.7 Å². The van der Waals surface area contributed by atoms with Gasteiger partial charge in [0, 0.05) is 17.0 Å². The third-order valence-electron chi connectivity index (χ3n) is 7.41. The first-order valence-corrected chi connectivity index (χ1v) is 12.6. The second kappa shape index (κ2) is 8.06. The summed E-state index contributed by atoms with van der Waals surface area (Å²) in [5.41, 5.74) is -1.16. The highest BCUT2D eigenvalue weighted by atomic mass is 32.1. The standard InChI is InChI=1S/C24H26N4O5S/c1-13-11-17(27-33-13)26-21(29)18-16-8-9-24(32-16)19(18)23(31)28(12-15-7-4-10-34-15)20(24)22(30)25-14-5-2-3-6-14/h4,7-11,14,16,18-20H,2-3,5-6,12H2,1H3,(H,25,30)(H,26,27,29)/t16-,18-,19-,20+,24-/m0/s1. The highest BCUT2D eigenvalue weighted by Gasteiger charge is 2.72. The molecule has 3 fully saturated rings. The zero-order valence-electron chi connectivity index (χ0n) is 18.7. The Bertz CT molecular complexity index is 1150. The predicted octanol–water partition coefficient (Wildman–Crippen LogP) is 2.39. The zero-order valence-corrected chi connectivity index (χ0v) is 19.5. The molecule has 3 amide bonds. The smallest absolute Gasteiger partial charge is 0.246 e. The number of carbonyl (C=O) groups excluding carboxylic acids is 3. The van der Waals surface area contributed by atoms with Crippen LogP contribution in [-0.2, 0) is 25.7 Å². The SMILES string of the molecule is Cc1cc(NC(=O)[C@H]2[C@@H]3C=C[C@]4(O3)[C@@H]2C(=O)N(Cc2cccs2)[C@@H]4C(=O)NC2CCCC2)no1. The topological polar surface area (TPSA) is 114 Å². The summed E-state index contributed by atoms with van der Waals surface area (Å²) in [6, 6.07) is 4.76. The van der Waals surface area contributed by atoms with Gasteiger partial charge < -0.3 is 24.8 Å². The van der Waals surface area contributed by atoms with Crippen LogP contribution in [0.4, 0.5) is 5.82 Å². The average Bonchev–Trinajstić information content (AvgIpc) is 3.62. The van der Waals surface area contributed by atoms with Crippen molar-refractivity contribution in [1.82, 2.24) is 15.4 Å². The summed E-state index contributed by atoms with van der Waals surface area (Å²) in [6.45, 7) is 2.04. The van der Waals surface area contributed by atoms with Crippen molar-refractivity contribution >= 4 is 34.9 Å². The van der Waals surface area contributed by atoms with E-state index in [2.05, 4.69) is 15.8 Å². The van der Waals surface area contributed by atoms with Gasteiger partial charge in [0.15, 0.2) is 5.82 Å². The molecule has 5 atom stereocenters. The summed E-state index contributed by atoms with van der Waals surface area (Å²) in [5.74, 6) is -1.49. The van der Waals surface area contributed by atoms with E-state index in [-0.39, 0.29) is 23.8 Å². The largest absolute Gasteiger partial charge is 0.360 e. The molecule has 4 aliphatic rings. The Hall–Kier alpha value is -2.98. The summed E-state index contributed by atoms with van der Waals surface area (Å²) < 4.78 is 11.4. The lowest BCUT2D eigenvalue weighted by atomic mass is 9.74. The van der Waals surface area contributed by atoms with Crippen molar-refractivity contribution in [2.75, 3.05) is 5.32 Å². The van der Waals surface area contributed by atoms with Gasteiger partial charge in [0.05, 0.1) is 24.5 Å². The maximum absolute atomic E-state index is 13.8. The zero-order chi connectivity index (χ0) is 23.4. The van der Waals surface area contributed by atoms with E-state index >= 15 is 0 Å². The van der Waals surface area contributed by atoms with Crippen molar-refractivity contribution in [1.29, 1.82) is 0 Å². The number of hydrogen-bond donors (Lipinski definition) is 2. The van der Waals surface area contributed by atoms with Crippen LogP contribution in [-0.4, -0.2) is 51.6 Å².